The lowest BCUT2D eigenvalue weighted by Gasteiger charge is -2.12. The number of hydrogen-bond donors (Lipinski definition) is 0. The molecular formula is C11H12BrClO3. The Morgan fingerprint density at radius 2 is 2.25 bits per heavy atom. The van der Waals surface area contributed by atoms with Gasteiger partial charge in [-0.25, -0.2) is 0 Å². The Kier molecular flexibility index (Phi) is 5.09. The van der Waals surface area contributed by atoms with Crippen molar-refractivity contribution in [1.29, 1.82) is 0 Å². The van der Waals surface area contributed by atoms with Crippen LogP contribution in [0.4, 0.5) is 0 Å². The number of halogens is 2. The van der Waals surface area contributed by atoms with E-state index in [4.69, 9.17) is 16.3 Å². The van der Waals surface area contributed by atoms with E-state index in [9.17, 15) is 4.79 Å². The van der Waals surface area contributed by atoms with Crippen LogP contribution >= 0.6 is 27.5 Å². The van der Waals surface area contributed by atoms with Crippen molar-refractivity contribution in [2.24, 2.45) is 0 Å². The summed E-state index contributed by atoms with van der Waals surface area (Å²) in [7, 11) is 1.33. The van der Waals surface area contributed by atoms with Crippen LogP contribution in [-0.2, 0) is 9.53 Å². The average Bonchev–Trinajstić information content (AvgIpc) is 2.28. The highest BCUT2D eigenvalue weighted by Gasteiger charge is 2.16. The smallest absolute Gasteiger partial charge is 0.322 e. The third-order valence-electron chi connectivity index (χ3n) is 1.99. The molecule has 1 rings (SSSR count). The van der Waals surface area contributed by atoms with Gasteiger partial charge in [-0.15, -0.1) is 0 Å². The van der Waals surface area contributed by atoms with E-state index in [1.165, 1.54) is 7.11 Å². The van der Waals surface area contributed by atoms with Crippen molar-refractivity contribution in [3.63, 3.8) is 0 Å². The van der Waals surface area contributed by atoms with Gasteiger partial charge in [-0.05, 0) is 24.6 Å². The van der Waals surface area contributed by atoms with Crippen LogP contribution in [0.15, 0.2) is 18.2 Å². The summed E-state index contributed by atoms with van der Waals surface area (Å²) in [5.74, 6) is 0.306. The highest BCUT2D eigenvalue weighted by molar-refractivity contribution is 9.10. The standard InChI is InChI=1S/C11H12BrClO3/c1-7-3-4-8(13)5-10(7)16-6-9(12)11(14)15-2/h3-5,9H,6H2,1-2H3. The molecule has 1 unspecified atom stereocenters. The van der Waals surface area contributed by atoms with E-state index in [0.717, 1.165) is 5.56 Å². The molecule has 88 valence electrons. The summed E-state index contributed by atoms with van der Waals surface area (Å²) in [4.78, 5) is 10.6. The fraction of sp³-hybridized carbons (Fsp3) is 0.364. The zero-order valence-electron chi connectivity index (χ0n) is 9.00. The minimum atomic E-state index is -0.476. The third-order valence-corrected chi connectivity index (χ3v) is 2.87. The van der Waals surface area contributed by atoms with Gasteiger partial charge in [-0.1, -0.05) is 33.6 Å². The molecule has 0 aliphatic rings. The number of ether oxygens (including phenoxy) is 2. The van der Waals surface area contributed by atoms with Crippen molar-refractivity contribution in [3.05, 3.63) is 28.8 Å². The maximum absolute atomic E-state index is 11.1. The first-order valence-corrected chi connectivity index (χ1v) is 5.95. The molecule has 0 heterocycles. The molecule has 0 spiro atoms. The number of esters is 1. The fourth-order valence-electron chi connectivity index (χ4n) is 1.09. The van der Waals surface area contributed by atoms with Crippen molar-refractivity contribution in [3.8, 4) is 5.75 Å². The Balaban J connectivity index is 2.60. The fourth-order valence-corrected chi connectivity index (χ4v) is 1.57. The summed E-state index contributed by atoms with van der Waals surface area (Å²) >= 11 is 9.01. The first-order valence-electron chi connectivity index (χ1n) is 4.65. The summed E-state index contributed by atoms with van der Waals surface area (Å²) in [6, 6.07) is 5.36. The van der Waals surface area contributed by atoms with E-state index in [2.05, 4.69) is 20.7 Å². The Hall–Kier alpha value is -0.740. The maximum atomic E-state index is 11.1. The zero-order valence-corrected chi connectivity index (χ0v) is 11.3. The molecule has 0 bridgehead atoms. The molecule has 0 fully saturated rings. The largest absolute Gasteiger partial charge is 0.491 e. The van der Waals surface area contributed by atoms with Crippen LogP contribution in [0.5, 0.6) is 5.75 Å². The Labute approximate surface area is 108 Å². The van der Waals surface area contributed by atoms with E-state index in [-0.39, 0.29) is 12.6 Å². The molecule has 5 heteroatoms. The highest BCUT2D eigenvalue weighted by Crippen LogP contribution is 2.23. The molecule has 3 nitrogen and oxygen atoms in total. The number of hydrogen-bond acceptors (Lipinski definition) is 3. The molecule has 16 heavy (non-hydrogen) atoms. The van der Waals surface area contributed by atoms with Gasteiger partial charge in [0.05, 0.1) is 7.11 Å². The number of alkyl halides is 1. The molecule has 0 aliphatic carbocycles. The van der Waals surface area contributed by atoms with Crippen LogP contribution in [0, 0.1) is 6.92 Å². The number of carbonyl (C=O) groups is 1. The molecule has 0 aromatic heterocycles. The summed E-state index contributed by atoms with van der Waals surface area (Å²) in [6.45, 7) is 2.11. The van der Waals surface area contributed by atoms with Gasteiger partial charge in [0.15, 0.2) is 0 Å². The average molecular weight is 308 g/mol. The quantitative estimate of drug-likeness (QED) is 0.634. The number of methoxy groups -OCH3 is 1. The minimum Gasteiger partial charge on any atom is -0.491 e. The molecule has 0 amide bonds. The van der Waals surface area contributed by atoms with E-state index < -0.39 is 4.83 Å². The molecule has 0 radical (unpaired) electrons. The van der Waals surface area contributed by atoms with E-state index >= 15 is 0 Å². The number of aryl methyl sites for hydroxylation is 1. The molecule has 0 aliphatic heterocycles. The van der Waals surface area contributed by atoms with E-state index in [1.54, 1.807) is 12.1 Å². The van der Waals surface area contributed by atoms with Crippen molar-refractivity contribution in [2.75, 3.05) is 13.7 Å². The van der Waals surface area contributed by atoms with Gasteiger partial charge in [0.2, 0.25) is 0 Å². The molecule has 0 N–H and O–H groups in total. The first-order chi connectivity index (χ1) is 7.54. The summed E-state index contributed by atoms with van der Waals surface area (Å²) in [6.07, 6.45) is 0. The van der Waals surface area contributed by atoms with Crippen molar-refractivity contribution >= 4 is 33.5 Å². The second kappa shape index (κ2) is 6.11. The van der Waals surface area contributed by atoms with Gasteiger partial charge in [-0.3, -0.25) is 4.79 Å². The molecule has 1 aromatic rings. The number of rotatable bonds is 4. The van der Waals surface area contributed by atoms with Gasteiger partial charge in [0.1, 0.15) is 17.2 Å². The van der Waals surface area contributed by atoms with Gasteiger partial charge >= 0.3 is 5.97 Å². The van der Waals surface area contributed by atoms with Crippen molar-refractivity contribution in [2.45, 2.75) is 11.8 Å². The predicted octanol–water partition coefficient (Wildman–Crippen LogP) is 2.96. The summed E-state index contributed by atoms with van der Waals surface area (Å²) in [5, 5.41) is 0.602. The summed E-state index contributed by atoms with van der Waals surface area (Å²) in [5.41, 5.74) is 0.967. The van der Waals surface area contributed by atoms with Crippen LogP contribution in [-0.4, -0.2) is 24.5 Å². The van der Waals surface area contributed by atoms with Crippen LogP contribution in [0.1, 0.15) is 5.56 Å². The van der Waals surface area contributed by atoms with Crippen molar-refractivity contribution in [1.82, 2.24) is 0 Å². The molecule has 1 atom stereocenters. The lowest BCUT2D eigenvalue weighted by Crippen LogP contribution is -2.23. The maximum Gasteiger partial charge on any atom is 0.322 e. The summed E-state index contributed by atoms with van der Waals surface area (Å²) < 4.78 is 10.0. The Morgan fingerprint density at radius 3 is 2.88 bits per heavy atom. The predicted molar refractivity (Wildman–Crippen MR) is 66.4 cm³/mol. The van der Waals surface area contributed by atoms with Gasteiger partial charge in [0, 0.05) is 5.02 Å². The van der Waals surface area contributed by atoms with E-state index in [0.29, 0.717) is 10.8 Å². The Morgan fingerprint density at radius 1 is 1.56 bits per heavy atom. The monoisotopic (exact) mass is 306 g/mol. The van der Waals surface area contributed by atoms with Gasteiger partial charge < -0.3 is 9.47 Å². The Bertz CT molecular complexity index is 381. The van der Waals surface area contributed by atoms with Crippen LogP contribution in [0.2, 0.25) is 5.02 Å². The highest BCUT2D eigenvalue weighted by atomic mass is 79.9. The van der Waals surface area contributed by atoms with Crippen LogP contribution < -0.4 is 4.74 Å². The number of carbonyl (C=O) groups excluding carboxylic acids is 1. The van der Waals surface area contributed by atoms with Gasteiger partial charge in [0.25, 0.3) is 0 Å². The normalized spacial score (nSPS) is 12.0. The lowest BCUT2D eigenvalue weighted by atomic mass is 10.2. The second-order valence-electron chi connectivity index (χ2n) is 3.21. The molecule has 0 saturated carbocycles. The topological polar surface area (TPSA) is 35.5 Å². The zero-order chi connectivity index (χ0) is 12.1. The van der Waals surface area contributed by atoms with Crippen LogP contribution in [0.3, 0.4) is 0 Å². The van der Waals surface area contributed by atoms with Gasteiger partial charge in [-0.2, -0.15) is 0 Å². The lowest BCUT2D eigenvalue weighted by molar-refractivity contribution is -0.140. The minimum absolute atomic E-state index is 0.202. The second-order valence-corrected chi connectivity index (χ2v) is 4.75. The molecule has 1 aromatic carbocycles. The molecule has 0 saturated heterocycles. The third kappa shape index (κ3) is 3.68. The van der Waals surface area contributed by atoms with E-state index in [1.807, 2.05) is 13.0 Å². The number of benzene rings is 1. The first kappa shape index (κ1) is 13.3. The van der Waals surface area contributed by atoms with Crippen molar-refractivity contribution < 1.29 is 14.3 Å². The molecular weight excluding hydrogens is 295 g/mol. The van der Waals surface area contributed by atoms with Crippen LogP contribution in [0.25, 0.3) is 0 Å². The SMILES string of the molecule is COC(=O)C(Br)COc1cc(Cl)ccc1C.